The average molecular weight is 347 g/mol. The first-order valence-corrected chi connectivity index (χ1v) is 9.14. The summed E-state index contributed by atoms with van der Waals surface area (Å²) < 4.78 is 5.73. The number of ether oxygens (including phenoxy) is 1. The highest BCUT2D eigenvalue weighted by Gasteiger charge is 2.06. The van der Waals surface area contributed by atoms with Crippen LogP contribution >= 0.6 is 0 Å². The maximum Gasteiger partial charge on any atom is 0.224 e. The van der Waals surface area contributed by atoms with Gasteiger partial charge in [-0.3, -0.25) is 4.79 Å². The lowest BCUT2D eigenvalue weighted by molar-refractivity contribution is -0.116. The third kappa shape index (κ3) is 4.63. The molecule has 3 heteroatoms. The fourth-order valence-electron chi connectivity index (χ4n) is 2.92. The van der Waals surface area contributed by atoms with Crippen molar-refractivity contribution in [3.8, 4) is 5.75 Å². The van der Waals surface area contributed by atoms with E-state index in [0.717, 1.165) is 22.2 Å². The molecule has 0 radical (unpaired) electrons. The van der Waals surface area contributed by atoms with E-state index in [2.05, 4.69) is 31.3 Å². The smallest absolute Gasteiger partial charge is 0.224 e. The van der Waals surface area contributed by atoms with E-state index >= 15 is 0 Å². The lowest BCUT2D eigenvalue weighted by Gasteiger charge is -2.10. The standard InChI is InChI=1S/C23H25NO2/c1-17(2)18-12-14-20(15-13-18)26-16-6-11-23(25)24-22-10-5-8-19-7-3-4-9-21(19)22/h3-5,7-10,12-15,17H,6,11,16H2,1-2H3,(H,24,25). The number of carbonyl (C=O) groups excluding carboxylic acids is 1. The minimum atomic E-state index is 0.0140. The fraction of sp³-hybridized carbons (Fsp3) is 0.261. The lowest BCUT2D eigenvalue weighted by Crippen LogP contribution is -2.13. The summed E-state index contributed by atoms with van der Waals surface area (Å²) in [5.74, 6) is 1.38. The molecule has 134 valence electrons. The van der Waals surface area contributed by atoms with E-state index in [4.69, 9.17) is 4.74 Å². The summed E-state index contributed by atoms with van der Waals surface area (Å²) in [6, 6.07) is 22.2. The summed E-state index contributed by atoms with van der Waals surface area (Å²) in [5.41, 5.74) is 2.16. The molecule has 1 amide bonds. The molecule has 3 rings (SSSR count). The molecule has 26 heavy (non-hydrogen) atoms. The predicted molar refractivity (Wildman–Crippen MR) is 108 cm³/mol. The zero-order valence-electron chi connectivity index (χ0n) is 15.4. The highest BCUT2D eigenvalue weighted by Crippen LogP contribution is 2.23. The molecule has 3 aromatic rings. The molecule has 0 unspecified atom stereocenters. The molecule has 3 nitrogen and oxygen atoms in total. The number of nitrogens with one attached hydrogen (secondary N) is 1. The zero-order chi connectivity index (χ0) is 18.4. The van der Waals surface area contributed by atoms with Gasteiger partial charge < -0.3 is 10.1 Å². The second-order valence-electron chi connectivity index (χ2n) is 6.75. The Labute approximate surface area is 155 Å². The van der Waals surface area contributed by atoms with Crippen molar-refractivity contribution in [2.24, 2.45) is 0 Å². The van der Waals surface area contributed by atoms with Gasteiger partial charge >= 0.3 is 0 Å². The second kappa shape index (κ2) is 8.52. The van der Waals surface area contributed by atoms with Crippen LogP contribution in [0.4, 0.5) is 5.69 Å². The molecule has 0 spiro atoms. The topological polar surface area (TPSA) is 38.3 Å². The molecular formula is C23H25NO2. The van der Waals surface area contributed by atoms with Crippen molar-refractivity contribution in [1.82, 2.24) is 0 Å². The number of hydrogen-bond acceptors (Lipinski definition) is 2. The van der Waals surface area contributed by atoms with Crippen molar-refractivity contribution in [2.45, 2.75) is 32.6 Å². The predicted octanol–water partition coefficient (Wildman–Crippen LogP) is 5.76. The normalized spacial score (nSPS) is 10.9. The Morgan fingerprint density at radius 3 is 2.46 bits per heavy atom. The Bertz CT molecular complexity index is 864. The zero-order valence-corrected chi connectivity index (χ0v) is 15.4. The van der Waals surface area contributed by atoms with E-state index in [1.54, 1.807) is 0 Å². The number of anilines is 1. The van der Waals surface area contributed by atoms with E-state index in [1.807, 2.05) is 54.6 Å². The fourth-order valence-corrected chi connectivity index (χ4v) is 2.92. The Balaban J connectivity index is 1.47. The maximum absolute atomic E-state index is 12.2. The minimum absolute atomic E-state index is 0.0140. The molecule has 0 aliphatic carbocycles. The van der Waals surface area contributed by atoms with Gasteiger partial charge in [0.25, 0.3) is 0 Å². The third-order valence-electron chi connectivity index (χ3n) is 4.43. The molecule has 0 aromatic heterocycles. The van der Waals surface area contributed by atoms with E-state index in [1.165, 1.54) is 5.56 Å². The van der Waals surface area contributed by atoms with Gasteiger partial charge in [-0.05, 0) is 41.5 Å². The summed E-state index contributed by atoms with van der Waals surface area (Å²) >= 11 is 0. The molecule has 0 saturated heterocycles. The van der Waals surface area contributed by atoms with Crippen molar-refractivity contribution in [3.63, 3.8) is 0 Å². The Morgan fingerprint density at radius 1 is 0.962 bits per heavy atom. The third-order valence-corrected chi connectivity index (χ3v) is 4.43. The molecule has 0 heterocycles. The average Bonchev–Trinajstić information content (AvgIpc) is 2.66. The molecule has 0 atom stereocenters. The molecule has 0 bridgehead atoms. The summed E-state index contributed by atoms with van der Waals surface area (Å²) in [6.07, 6.45) is 1.12. The highest BCUT2D eigenvalue weighted by atomic mass is 16.5. The van der Waals surface area contributed by atoms with Gasteiger partial charge in [0.05, 0.1) is 6.61 Å². The number of amides is 1. The molecule has 1 N–H and O–H groups in total. The van der Waals surface area contributed by atoms with Gasteiger partial charge in [-0.25, -0.2) is 0 Å². The van der Waals surface area contributed by atoms with Crippen LogP contribution < -0.4 is 10.1 Å². The van der Waals surface area contributed by atoms with Gasteiger partial charge in [0.15, 0.2) is 0 Å². The minimum Gasteiger partial charge on any atom is -0.494 e. The van der Waals surface area contributed by atoms with Gasteiger partial charge in [0.1, 0.15) is 5.75 Å². The first kappa shape index (κ1) is 18.0. The molecule has 0 fully saturated rings. The summed E-state index contributed by atoms with van der Waals surface area (Å²) in [7, 11) is 0. The van der Waals surface area contributed by atoms with E-state index in [9.17, 15) is 4.79 Å². The second-order valence-corrected chi connectivity index (χ2v) is 6.75. The SMILES string of the molecule is CC(C)c1ccc(OCCCC(=O)Nc2cccc3ccccc23)cc1. The molecule has 0 aliphatic rings. The van der Waals surface area contributed by atoms with Crippen molar-refractivity contribution >= 4 is 22.4 Å². The number of carbonyl (C=O) groups is 1. The maximum atomic E-state index is 12.2. The molecule has 0 saturated carbocycles. The van der Waals surface area contributed by atoms with Crippen LogP contribution in [0.5, 0.6) is 5.75 Å². The van der Waals surface area contributed by atoms with Gasteiger partial charge in [0.2, 0.25) is 5.91 Å². The largest absolute Gasteiger partial charge is 0.494 e. The first-order chi connectivity index (χ1) is 12.6. The van der Waals surface area contributed by atoms with Gasteiger partial charge in [0, 0.05) is 17.5 Å². The molecular weight excluding hydrogens is 322 g/mol. The molecule has 3 aromatic carbocycles. The summed E-state index contributed by atoms with van der Waals surface area (Å²) in [4.78, 5) is 12.2. The van der Waals surface area contributed by atoms with Crippen molar-refractivity contribution < 1.29 is 9.53 Å². The van der Waals surface area contributed by atoms with Crippen LogP contribution in [-0.4, -0.2) is 12.5 Å². The van der Waals surface area contributed by atoms with Crippen LogP contribution in [0.1, 0.15) is 38.2 Å². The van der Waals surface area contributed by atoms with Crippen LogP contribution in [0.3, 0.4) is 0 Å². The summed E-state index contributed by atoms with van der Waals surface area (Å²) in [5, 5.41) is 5.19. The van der Waals surface area contributed by atoms with Gasteiger partial charge in [-0.1, -0.05) is 62.4 Å². The number of fused-ring (bicyclic) bond motifs is 1. The van der Waals surface area contributed by atoms with Gasteiger partial charge in [-0.2, -0.15) is 0 Å². The van der Waals surface area contributed by atoms with Gasteiger partial charge in [-0.15, -0.1) is 0 Å². The quantitative estimate of drug-likeness (QED) is 0.552. The number of rotatable bonds is 7. The summed E-state index contributed by atoms with van der Waals surface area (Å²) in [6.45, 7) is 4.87. The van der Waals surface area contributed by atoms with Crippen molar-refractivity contribution in [1.29, 1.82) is 0 Å². The Hall–Kier alpha value is -2.81. The first-order valence-electron chi connectivity index (χ1n) is 9.14. The van der Waals surface area contributed by atoms with Crippen molar-refractivity contribution in [2.75, 3.05) is 11.9 Å². The number of hydrogen-bond donors (Lipinski definition) is 1. The monoisotopic (exact) mass is 347 g/mol. The van der Waals surface area contributed by atoms with Crippen LogP contribution in [0.2, 0.25) is 0 Å². The van der Waals surface area contributed by atoms with Crippen LogP contribution in [0.25, 0.3) is 10.8 Å². The van der Waals surface area contributed by atoms with E-state index < -0.39 is 0 Å². The van der Waals surface area contributed by atoms with E-state index in [0.29, 0.717) is 25.4 Å². The Morgan fingerprint density at radius 2 is 1.69 bits per heavy atom. The Kier molecular flexibility index (Phi) is 5.90. The van der Waals surface area contributed by atoms with Crippen LogP contribution in [-0.2, 0) is 4.79 Å². The molecule has 0 aliphatic heterocycles. The van der Waals surface area contributed by atoms with Crippen molar-refractivity contribution in [3.05, 3.63) is 72.3 Å². The lowest BCUT2D eigenvalue weighted by atomic mass is 10.0. The number of benzene rings is 3. The van der Waals surface area contributed by atoms with Crippen LogP contribution in [0, 0.1) is 0 Å². The van der Waals surface area contributed by atoms with Crippen LogP contribution in [0.15, 0.2) is 66.7 Å². The highest BCUT2D eigenvalue weighted by molar-refractivity contribution is 6.02. The van der Waals surface area contributed by atoms with E-state index in [-0.39, 0.29) is 5.91 Å².